The maximum absolute atomic E-state index is 13.4. The third-order valence-electron chi connectivity index (χ3n) is 6.40. The van der Waals surface area contributed by atoms with Crippen LogP contribution in [0.1, 0.15) is 45.5 Å². The molecule has 3 nitrogen and oxygen atoms in total. The summed E-state index contributed by atoms with van der Waals surface area (Å²) in [5.41, 5.74) is 5.19. The largest absolute Gasteiger partial charge is 0.387 e. The second kappa shape index (κ2) is 8.48. The van der Waals surface area contributed by atoms with Gasteiger partial charge in [-0.15, -0.1) is 0 Å². The first kappa shape index (κ1) is 20.8. The van der Waals surface area contributed by atoms with Crippen LogP contribution in [0.25, 0.3) is 10.8 Å². The lowest BCUT2D eigenvalue weighted by Crippen LogP contribution is -2.35. The number of carbonyl (C=O) groups is 1. The number of nitrogens with one attached hydrogen (secondary N) is 2. The fourth-order valence-electron chi connectivity index (χ4n) is 4.44. The second-order valence-corrected chi connectivity index (χ2v) is 8.64. The number of carbonyl (C=O) groups excluding carboxylic acids is 1. The van der Waals surface area contributed by atoms with Crippen LogP contribution in [0, 0.1) is 18.8 Å². The highest BCUT2D eigenvalue weighted by Crippen LogP contribution is 2.48. The summed E-state index contributed by atoms with van der Waals surface area (Å²) in [6.07, 6.45) is 1.90. The van der Waals surface area contributed by atoms with Gasteiger partial charge in [-0.25, -0.2) is 0 Å². The summed E-state index contributed by atoms with van der Waals surface area (Å²) in [4.78, 5) is 13.4. The van der Waals surface area contributed by atoms with Crippen LogP contribution < -0.4 is 10.6 Å². The molecule has 3 heteroatoms. The first-order chi connectivity index (χ1) is 16.1. The Morgan fingerprint density at radius 2 is 1.61 bits per heavy atom. The number of hydrogen-bond donors (Lipinski definition) is 2. The molecule has 5 rings (SSSR count). The van der Waals surface area contributed by atoms with Crippen molar-refractivity contribution in [3.63, 3.8) is 0 Å². The summed E-state index contributed by atoms with van der Waals surface area (Å²) in [6, 6.07) is 28.5. The molecule has 0 saturated heterocycles. The van der Waals surface area contributed by atoms with Crippen molar-refractivity contribution < 1.29 is 4.79 Å². The molecule has 2 N–H and O–H groups in total. The summed E-state index contributed by atoms with van der Waals surface area (Å²) < 4.78 is 0. The minimum absolute atomic E-state index is 0.0444. The van der Waals surface area contributed by atoms with Crippen molar-refractivity contribution in [1.29, 1.82) is 0 Å². The third kappa shape index (κ3) is 4.08. The third-order valence-corrected chi connectivity index (χ3v) is 6.40. The molecule has 1 aliphatic carbocycles. The Labute approximate surface area is 194 Å². The zero-order valence-electron chi connectivity index (χ0n) is 18.9. The molecule has 0 bridgehead atoms. The number of fused-ring (bicyclic) bond motifs is 1. The Balaban J connectivity index is 1.45. The van der Waals surface area contributed by atoms with Gasteiger partial charge in [0.05, 0.1) is 11.2 Å². The number of aryl methyl sites for hydroxylation is 1. The average molecular weight is 431 g/mol. The van der Waals surface area contributed by atoms with E-state index in [9.17, 15) is 4.79 Å². The van der Waals surface area contributed by atoms with Gasteiger partial charge in [0.1, 0.15) is 0 Å². The minimum atomic E-state index is -0.296. The van der Waals surface area contributed by atoms with Gasteiger partial charge in [0.2, 0.25) is 0 Å². The number of hydrogen-bond acceptors (Lipinski definition) is 2. The van der Waals surface area contributed by atoms with Gasteiger partial charge in [-0.3, -0.25) is 4.79 Å². The van der Waals surface area contributed by atoms with E-state index < -0.39 is 0 Å². The van der Waals surface area contributed by atoms with Gasteiger partial charge in [0, 0.05) is 23.7 Å². The lowest BCUT2D eigenvalue weighted by molar-refractivity contribution is 0.0930. The lowest BCUT2D eigenvalue weighted by Gasteiger charge is -2.21. The maximum atomic E-state index is 13.4. The van der Waals surface area contributed by atoms with Crippen molar-refractivity contribution in [3.8, 4) is 11.8 Å². The van der Waals surface area contributed by atoms with Crippen molar-refractivity contribution in [2.45, 2.75) is 25.3 Å². The molecule has 0 radical (unpaired) electrons. The van der Waals surface area contributed by atoms with Crippen molar-refractivity contribution in [1.82, 2.24) is 5.32 Å². The molecule has 4 aromatic carbocycles. The van der Waals surface area contributed by atoms with Crippen molar-refractivity contribution in [2.24, 2.45) is 0 Å². The molecule has 0 aromatic heterocycles. The van der Waals surface area contributed by atoms with Crippen molar-refractivity contribution in [3.05, 3.63) is 113 Å². The van der Waals surface area contributed by atoms with E-state index >= 15 is 0 Å². The van der Waals surface area contributed by atoms with E-state index in [0.717, 1.165) is 35.2 Å². The van der Waals surface area contributed by atoms with Crippen LogP contribution in [0.15, 0.2) is 84.9 Å². The van der Waals surface area contributed by atoms with Crippen molar-refractivity contribution >= 4 is 22.4 Å². The quantitative estimate of drug-likeness (QED) is 0.389. The van der Waals surface area contributed by atoms with Crippen LogP contribution in [0.2, 0.25) is 0 Å². The Bertz CT molecular complexity index is 1400. The molecule has 0 atom stereocenters. The van der Waals surface area contributed by atoms with Crippen LogP contribution in [0.3, 0.4) is 0 Å². The monoisotopic (exact) mass is 430 g/mol. The fourth-order valence-corrected chi connectivity index (χ4v) is 4.44. The average Bonchev–Trinajstić information content (AvgIpc) is 3.63. The predicted molar refractivity (Wildman–Crippen MR) is 135 cm³/mol. The SMILES string of the molecule is CNc1cc(C(=O)NC2(c3cccc4ccccc34)CC2)c(C)cc1C#Cc1ccccc1. The van der Waals surface area contributed by atoms with Gasteiger partial charge >= 0.3 is 0 Å². The van der Waals surface area contributed by atoms with Gasteiger partial charge in [-0.1, -0.05) is 72.5 Å². The van der Waals surface area contributed by atoms with E-state index in [4.69, 9.17) is 0 Å². The Morgan fingerprint density at radius 1 is 0.879 bits per heavy atom. The highest BCUT2D eigenvalue weighted by Gasteiger charge is 2.46. The molecule has 0 heterocycles. The summed E-state index contributed by atoms with van der Waals surface area (Å²) in [5, 5.41) is 8.97. The summed E-state index contributed by atoms with van der Waals surface area (Å²) in [6.45, 7) is 1.97. The van der Waals surface area contributed by atoms with E-state index in [2.05, 4.69) is 64.9 Å². The van der Waals surface area contributed by atoms with Gasteiger partial charge < -0.3 is 10.6 Å². The number of anilines is 1. The molecule has 0 spiro atoms. The van der Waals surface area contributed by atoms with Crippen LogP contribution in [0.5, 0.6) is 0 Å². The number of rotatable bonds is 4. The molecule has 1 fully saturated rings. The van der Waals surface area contributed by atoms with E-state index in [1.165, 1.54) is 16.3 Å². The van der Waals surface area contributed by atoms with Crippen LogP contribution in [0.4, 0.5) is 5.69 Å². The zero-order valence-corrected chi connectivity index (χ0v) is 18.9. The second-order valence-electron chi connectivity index (χ2n) is 8.64. The summed E-state index contributed by atoms with van der Waals surface area (Å²) in [5.74, 6) is 6.41. The molecule has 1 amide bonds. The molecule has 33 heavy (non-hydrogen) atoms. The maximum Gasteiger partial charge on any atom is 0.252 e. The first-order valence-corrected chi connectivity index (χ1v) is 11.3. The van der Waals surface area contributed by atoms with E-state index in [1.54, 1.807) is 0 Å². The van der Waals surface area contributed by atoms with Gasteiger partial charge in [-0.2, -0.15) is 0 Å². The number of amides is 1. The highest BCUT2D eigenvalue weighted by atomic mass is 16.1. The molecule has 0 aliphatic heterocycles. The zero-order chi connectivity index (χ0) is 22.8. The molecule has 0 unspecified atom stereocenters. The topological polar surface area (TPSA) is 41.1 Å². The van der Waals surface area contributed by atoms with E-state index in [0.29, 0.717) is 5.56 Å². The standard InChI is InChI=1S/C30H26N2O/c1-21-19-24(16-15-22-9-4-3-5-10-22)28(31-2)20-26(21)29(33)32-30(17-18-30)27-14-8-12-23-11-6-7-13-25(23)27/h3-14,19-20,31H,17-18H2,1-2H3,(H,32,33). The minimum Gasteiger partial charge on any atom is -0.387 e. The Morgan fingerprint density at radius 3 is 2.36 bits per heavy atom. The van der Waals surface area contributed by atoms with E-state index in [-0.39, 0.29) is 11.4 Å². The summed E-state index contributed by atoms with van der Waals surface area (Å²) in [7, 11) is 1.86. The Hall–Kier alpha value is -4.03. The number of benzene rings is 4. The first-order valence-electron chi connectivity index (χ1n) is 11.3. The normalized spacial score (nSPS) is 13.6. The van der Waals surface area contributed by atoms with Gasteiger partial charge in [-0.05, 0) is 65.9 Å². The smallest absolute Gasteiger partial charge is 0.252 e. The summed E-state index contributed by atoms with van der Waals surface area (Å²) >= 11 is 0. The molecular weight excluding hydrogens is 404 g/mol. The van der Waals surface area contributed by atoms with E-state index in [1.807, 2.05) is 56.4 Å². The van der Waals surface area contributed by atoms with Crippen molar-refractivity contribution in [2.75, 3.05) is 12.4 Å². The predicted octanol–water partition coefficient (Wildman–Crippen LogP) is 6.01. The van der Waals surface area contributed by atoms with Gasteiger partial charge in [0.15, 0.2) is 0 Å². The lowest BCUT2D eigenvalue weighted by atomic mass is 9.96. The molecular formula is C30H26N2O. The molecule has 4 aromatic rings. The highest BCUT2D eigenvalue weighted by molar-refractivity contribution is 5.98. The van der Waals surface area contributed by atoms with Crippen LogP contribution >= 0.6 is 0 Å². The molecule has 1 aliphatic rings. The molecule has 162 valence electrons. The fraction of sp³-hybridized carbons (Fsp3) is 0.167. The van der Waals surface area contributed by atoms with Crippen LogP contribution in [-0.4, -0.2) is 13.0 Å². The molecule has 1 saturated carbocycles. The van der Waals surface area contributed by atoms with Crippen LogP contribution in [-0.2, 0) is 5.54 Å². The Kier molecular flexibility index (Phi) is 5.36. The van der Waals surface area contributed by atoms with Gasteiger partial charge in [0.25, 0.3) is 5.91 Å².